The van der Waals surface area contributed by atoms with Gasteiger partial charge in [0.25, 0.3) is 0 Å². The lowest BCUT2D eigenvalue weighted by molar-refractivity contribution is 0.0656. The highest BCUT2D eigenvalue weighted by Gasteiger charge is 2.30. The molecule has 0 aliphatic rings. The van der Waals surface area contributed by atoms with E-state index < -0.39 is 11.6 Å². The maximum atomic E-state index is 11.4. The number of hydrogen-bond acceptors (Lipinski definition) is 4. The summed E-state index contributed by atoms with van der Waals surface area (Å²) in [5, 5.41) is 9.31. The molecule has 0 atom stereocenters. The fourth-order valence-corrected chi connectivity index (χ4v) is 2.20. The zero-order chi connectivity index (χ0) is 15.6. The zero-order valence-corrected chi connectivity index (χ0v) is 12.5. The first-order chi connectivity index (χ1) is 9.86. The summed E-state index contributed by atoms with van der Waals surface area (Å²) in [6.07, 6.45) is 3.47. The summed E-state index contributed by atoms with van der Waals surface area (Å²) in [7, 11) is 3.33. The topological polar surface area (TPSA) is 73.6 Å². The minimum atomic E-state index is -1.07. The largest absolute Gasteiger partial charge is 0.493 e. The average molecular weight is 290 g/mol. The molecule has 112 valence electrons. The molecule has 1 aromatic heterocycles. The van der Waals surface area contributed by atoms with Gasteiger partial charge in [0.2, 0.25) is 0 Å². The molecule has 0 amide bonds. The molecule has 0 unspecified atom stereocenters. The Morgan fingerprint density at radius 2 is 2.10 bits per heavy atom. The molecule has 1 heterocycles. The summed E-state index contributed by atoms with van der Waals surface area (Å²) in [5.41, 5.74) is -0.756. The van der Waals surface area contributed by atoms with Crippen LogP contribution in [0.3, 0.4) is 0 Å². The number of para-hydroxylation sites is 1. The summed E-state index contributed by atoms with van der Waals surface area (Å²) < 4.78 is 13.0. The monoisotopic (exact) mass is 290 g/mol. The van der Waals surface area contributed by atoms with Crippen molar-refractivity contribution in [3.63, 3.8) is 0 Å². The van der Waals surface area contributed by atoms with E-state index in [9.17, 15) is 9.90 Å². The Hall–Kier alpha value is -2.50. The molecule has 0 saturated heterocycles. The Morgan fingerprint density at radius 3 is 2.62 bits per heavy atom. The van der Waals surface area contributed by atoms with Crippen LogP contribution in [0.25, 0.3) is 0 Å². The van der Waals surface area contributed by atoms with E-state index in [4.69, 9.17) is 9.47 Å². The van der Waals surface area contributed by atoms with E-state index >= 15 is 0 Å². The maximum absolute atomic E-state index is 11.4. The summed E-state index contributed by atoms with van der Waals surface area (Å²) >= 11 is 0. The van der Waals surface area contributed by atoms with E-state index in [1.165, 1.54) is 13.2 Å². The van der Waals surface area contributed by atoms with Gasteiger partial charge in [-0.25, -0.2) is 9.78 Å². The van der Waals surface area contributed by atoms with E-state index in [1.807, 2.05) is 25.5 Å². The van der Waals surface area contributed by atoms with Gasteiger partial charge in [-0.2, -0.15) is 0 Å². The fraction of sp³-hybridized carbons (Fsp3) is 0.333. The van der Waals surface area contributed by atoms with Crippen molar-refractivity contribution in [1.29, 1.82) is 0 Å². The molecule has 6 nitrogen and oxygen atoms in total. The molecule has 0 bridgehead atoms. The van der Waals surface area contributed by atoms with Crippen LogP contribution in [0.5, 0.6) is 11.5 Å². The van der Waals surface area contributed by atoms with Crippen molar-refractivity contribution in [2.24, 2.45) is 7.05 Å². The number of imidazole rings is 1. The van der Waals surface area contributed by atoms with Crippen molar-refractivity contribution in [2.45, 2.75) is 19.4 Å². The third-order valence-corrected chi connectivity index (χ3v) is 3.15. The van der Waals surface area contributed by atoms with Crippen molar-refractivity contribution in [3.8, 4) is 11.5 Å². The molecule has 21 heavy (non-hydrogen) atoms. The minimum Gasteiger partial charge on any atom is -0.493 e. The molecule has 0 saturated carbocycles. The van der Waals surface area contributed by atoms with Crippen molar-refractivity contribution in [2.75, 3.05) is 7.11 Å². The van der Waals surface area contributed by atoms with Crippen molar-refractivity contribution in [3.05, 3.63) is 42.0 Å². The Bertz CT molecular complexity index is 661. The molecule has 6 heteroatoms. The van der Waals surface area contributed by atoms with Crippen molar-refractivity contribution < 1.29 is 19.4 Å². The van der Waals surface area contributed by atoms with Gasteiger partial charge in [0, 0.05) is 19.4 Å². The Balaban J connectivity index is 2.48. The molecule has 0 fully saturated rings. The van der Waals surface area contributed by atoms with Gasteiger partial charge in [-0.1, -0.05) is 6.07 Å². The third kappa shape index (κ3) is 2.84. The highest BCUT2D eigenvalue weighted by molar-refractivity contribution is 5.92. The molecular formula is C15H18N2O4. The minimum absolute atomic E-state index is 0.0524. The third-order valence-electron chi connectivity index (χ3n) is 3.15. The molecule has 0 aliphatic carbocycles. The van der Waals surface area contributed by atoms with Crippen LogP contribution in [-0.2, 0) is 12.6 Å². The van der Waals surface area contributed by atoms with Gasteiger partial charge in [-0.05, 0) is 26.0 Å². The lowest BCUT2D eigenvalue weighted by atomic mass is 10.1. The van der Waals surface area contributed by atoms with Crippen LogP contribution in [0.1, 0.15) is 30.0 Å². The highest BCUT2D eigenvalue weighted by Crippen LogP contribution is 2.36. The van der Waals surface area contributed by atoms with Crippen molar-refractivity contribution in [1.82, 2.24) is 9.55 Å². The van der Waals surface area contributed by atoms with Crippen LogP contribution < -0.4 is 9.47 Å². The number of aryl methyl sites for hydroxylation is 1. The Labute approximate surface area is 122 Å². The van der Waals surface area contributed by atoms with Crippen LogP contribution in [0.2, 0.25) is 0 Å². The number of carboxylic acids is 1. The maximum Gasteiger partial charge on any atom is 0.339 e. The van der Waals surface area contributed by atoms with Gasteiger partial charge in [0.05, 0.1) is 7.11 Å². The SMILES string of the molecule is COc1cccc(C(=O)O)c1OC(C)(C)c1nccn1C. The summed E-state index contributed by atoms with van der Waals surface area (Å²) in [6, 6.07) is 4.76. The van der Waals surface area contributed by atoms with E-state index in [0.717, 1.165) is 0 Å². The number of carboxylic acid groups (broad SMARTS) is 1. The quantitative estimate of drug-likeness (QED) is 0.915. The number of nitrogens with zero attached hydrogens (tertiary/aromatic N) is 2. The Morgan fingerprint density at radius 1 is 1.38 bits per heavy atom. The van der Waals surface area contributed by atoms with Gasteiger partial charge in [0.1, 0.15) is 5.56 Å². The van der Waals surface area contributed by atoms with E-state index in [1.54, 1.807) is 24.5 Å². The number of rotatable bonds is 5. The standard InChI is InChI=1S/C15H18N2O4/c1-15(2,14-16-8-9-17(14)3)21-12-10(13(18)19)6-5-7-11(12)20-4/h5-9H,1-4H3,(H,18,19). The van der Waals surface area contributed by atoms with Gasteiger partial charge >= 0.3 is 5.97 Å². The normalized spacial score (nSPS) is 11.2. The molecule has 0 aliphatic heterocycles. The number of hydrogen-bond donors (Lipinski definition) is 1. The predicted octanol–water partition coefficient (Wildman–Crippen LogP) is 2.44. The molecule has 0 spiro atoms. The second-order valence-corrected chi connectivity index (χ2v) is 5.12. The smallest absolute Gasteiger partial charge is 0.339 e. The molecule has 0 radical (unpaired) electrons. The fourth-order valence-electron chi connectivity index (χ4n) is 2.20. The molecule has 2 rings (SSSR count). The number of methoxy groups -OCH3 is 1. The number of aromatic nitrogens is 2. The van der Waals surface area contributed by atoms with Gasteiger partial charge in [-0.15, -0.1) is 0 Å². The summed E-state index contributed by atoms with van der Waals surface area (Å²) in [4.78, 5) is 15.6. The summed E-state index contributed by atoms with van der Waals surface area (Å²) in [5.74, 6) is 0.182. The van der Waals surface area contributed by atoms with Crippen LogP contribution >= 0.6 is 0 Å². The molecule has 1 N–H and O–H groups in total. The lowest BCUT2D eigenvalue weighted by Gasteiger charge is -2.27. The van der Waals surface area contributed by atoms with Gasteiger partial charge in [-0.3, -0.25) is 0 Å². The van der Waals surface area contributed by atoms with E-state index in [-0.39, 0.29) is 11.3 Å². The zero-order valence-electron chi connectivity index (χ0n) is 12.5. The predicted molar refractivity (Wildman–Crippen MR) is 76.8 cm³/mol. The van der Waals surface area contributed by atoms with Gasteiger partial charge in [0.15, 0.2) is 22.9 Å². The second kappa shape index (κ2) is 5.47. The summed E-state index contributed by atoms with van der Waals surface area (Å²) in [6.45, 7) is 3.65. The Kier molecular flexibility index (Phi) is 3.88. The molecule has 2 aromatic rings. The van der Waals surface area contributed by atoms with Crippen LogP contribution in [0.4, 0.5) is 0 Å². The first-order valence-electron chi connectivity index (χ1n) is 6.44. The van der Waals surface area contributed by atoms with Gasteiger partial charge < -0.3 is 19.1 Å². The number of aromatic carboxylic acids is 1. The number of carbonyl (C=O) groups is 1. The second-order valence-electron chi connectivity index (χ2n) is 5.12. The average Bonchev–Trinajstić information content (AvgIpc) is 2.85. The molecular weight excluding hydrogens is 272 g/mol. The van der Waals surface area contributed by atoms with Crippen LogP contribution in [0, 0.1) is 0 Å². The lowest BCUT2D eigenvalue weighted by Crippen LogP contribution is -2.30. The number of ether oxygens (including phenoxy) is 2. The van der Waals surface area contributed by atoms with E-state index in [0.29, 0.717) is 11.6 Å². The van der Waals surface area contributed by atoms with Crippen LogP contribution in [0.15, 0.2) is 30.6 Å². The van der Waals surface area contributed by atoms with Crippen LogP contribution in [-0.4, -0.2) is 27.7 Å². The highest BCUT2D eigenvalue weighted by atomic mass is 16.5. The van der Waals surface area contributed by atoms with E-state index in [2.05, 4.69) is 4.98 Å². The van der Waals surface area contributed by atoms with Crippen molar-refractivity contribution >= 4 is 5.97 Å². The molecule has 1 aromatic carbocycles. The number of benzene rings is 1. The first-order valence-corrected chi connectivity index (χ1v) is 6.44. The first kappa shape index (κ1) is 14.9.